The maximum absolute atomic E-state index is 12.7. The SMILES string of the molecule is CCCCN=C([O-])Oc1c(Br)cc2c(-c3ccccc3C)c3cc(Br)c(=O)c(Br)c-3oc2c1Br. The van der Waals surface area contributed by atoms with Crippen LogP contribution in [0.4, 0.5) is 0 Å². The van der Waals surface area contributed by atoms with Crippen molar-refractivity contribution in [2.24, 2.45) is 4.99 Å². The Kier molecular flexibility index (Phi) is 7.86. The average Bonchev–Trinajstić information content (AvgIpc) is 2.80. The molecule has 0 saturated heterocycles. The zero-order valence-electron chi connectivity index (χ0n) is 18.2. The van der Waals surface area contributed by atoms with E-state index in [9.17, 15) is 9.90 Å². The van der Waals surface area contributed by atoms with Crippen molar-refractivity contribution >= 4 is 80.8 Å². The van der Waals surface area contributed by atoms with Crippen molar-refractivity contribution in [1.82, 2.24) is 0 Å². The number of fused-ring (bicyclic) bond motifs is 2. The smallest absolute Gasteiger partial charge is 0.210 e. The molecule has 4 rings (SSSR count). The first-order valence-electron chi connectivity index (χ1n) is 10.5. The molecule has 0 saturated carbocycles. The van der Waals surface area contributed by atoms with Crippen molar-refractivity contribution in [2.75, 3.05) is 6.54 Å². The van der Waals surface area contributed by atoms with Crippen LogP contribution in [0.2, 0.25) is 0 Å². The average molecular weight is 716 g/mol. The minimum absolute atomic E-state index is 0.221. The Labute approximate surface area is 230 Å². The lowest BCUT2D eigenvalue weighted by atomic mass is 9.91. The van der Waals surface area contributed by atoms with Crippen LogP contribution in [-0.2, 0) is 0 Å². The third kappa shape index (κ3) is 4.72. The molecule has 2 aliphatic rings. The van der Waals surface area contributed by atoms with Gasteiger partial charge in [-0.15, -0.1) is 0 Å². The van der Waals surface area contributed by atoms with Crippen molar-refractivity contribution in [1.29, 1.82) is 0 Å². The monoisotopic (exact) mass is 712 g/mol. The van der Waals surface area contributed by atoms with Gasteiger partial charge in [-0.1, -0.05) is 37.6 Å². The minimum Gasteiger partial charge on any atom is -0.564 e. The molecule has 1 heterocycles. The number of benzene rings is 3. The molecule has 0 radical (unpaired) electrons. The molecule has 176 valence electrons. The molecule has 0 atom stereocenters. The molecule has 0 fully saturated rings. The lowest BCUT2D eigenvalue weighted by Gasteiger charge is -2.23. The van der Waals surface area contributed by atoms with Gasteiger partial charge < -0.3 is 14.3 Å². The van der Waals surface area contributed by atoms with Gasteiger partial charge >= 0.3 is 0 Å². The van der Waals surface area contributed by atoms with Gasteiger partial charge in [-0.3, -0.25) is 9.79 Å². The van der Waals surface area contributed by atoms with E-state index in [-0.39, 0.29) is 11.2 Å². The number of aliphatic imine (C=N–C) groups is 1. The van der Waals surface area contributed by atoms with Crippen LogP contribution in [0.25, 0.3) is 33.4 Å². The highest BCUT2D eigenvalue weighted by Gasteiger charge is 2.25. The molecule has 0 amide bonds. The summed E-state index contributed by atoms with van der Waals surface area (Å²) in [6, 6.07) is 11.6. The van der Waals surface area contributed by atoms with E-state index < -0.39 is 6.08 Å². The predicted molar refractivity (Wildman–Crippen MR) is 148 cm³/mol. The minimum atomic E-state index is -0.680. The van der Waals surface area contributed by atoms with Crippen LogP contribution in [0.5, 0.6) is 5.75 Å². The topological polar surface area (TPSA) is 74.9 Å². The second kappa shape index (κ2) is 10.5. The predicted octanol–water partition coefficient (Wildman–Crippen LogP) is 7.82. The van der Waals surface area contributed by atoms with Gasteiger partial charge in [0, 0.05) is 33.3 Å². The third-order valence-electron chi connectivity index (χ3n) is 5.36. The molecule has 1 aliphatic carbocycles. The molecule has 2 aromatic rings. The van der Waals surface area contributed by atoms with Crippen molar-refractivity contribution in [2.45, 2.75) is 26.7 Å². The molecule has 34 heavy (non-hydrogen) atoms. The van der Waals surface area contributed by atoms with Gasteiger partial charge in [-0.25, -0.2) is 0 Å². The normalized spacial score (nSPS) is 12.0. The largest absolute Gasteiger partial charge is 0.564 e. The fourth-order valence-corrected chi connectivity index (χ4v) is 6.24. The lowest BCUT2D eigenvalue weighted by Crippen LogP contribution is -2.25. The maximum atomic E-state index is 12.7. The van der Waals surface area contributed by atoms with E-state index in [0.717, 1.165) is 40.5 Å². The summed E-state index contributed by atoms with van der Waals surface area (Å²) in [5, 5.41) is 13.1. The number of nitrogens with zero attached hydrogens (tertiary/aromatic N) is 1. The van der Waals surface area contributed by atoms with Gasteiger partial charge in [0.1, 0.15) is 10.6 Å². The highest BCUT2D eigenvalue weighted by molar-refractivity contribution is 9.11. The number of hydrogen-bond donors (Lipinski definition) is 0. The van der Waals surface area contributed by atoms with Crippen molar-refractivity contribution in [3.05, 3.63) is 70.1 Å². The molecule has 0 aromatic heterocycles. The van der Waals surface area contributed by atoms with E-state index in [0.29, 0.717) is 35.8 Å². The summed E-state index contributed by atoms with van der Waals surface area (Å²) in [4.78, 5) is 16.6. The first-order chi connectivity index (χ1) is 16.2. The van der Waals surface area contributed by atoms with Crippen molar-refractivity contribution < 1.29 is 14.3 Å². The van der Waals surface area contributed by atoms with Crippen LogP contribution >= 0.6 is 63.7 Å². The fraction of sp³-hybridized carbons (Fsp3) is 0.200. The molecule has 1 aliphatic heterocycles. The van der Waals surface area contributed by atoms with Gasteiger partial charge in [-0.2, -0.15) is 0 Å². The molecule has 9 heteroatoms. The Morgan fingerprint density at radius 1 is 1.06 bits per heavy atom. The van der Waals surface area contributed by atoms with Gasteiger partial charge in [0.2, 0.25) is 5.43 Å². The second-order valence-corrected chi connectivity index (χ2v) is 10.9. The van der Waals surface area contributed by atoms with E-state index in [1.807, 2.05) is 44.2 Å². The van der Waals surface area contributed by atoms with E-state index in [4.69, 9.17) is 9.15 Å². The zero-order valence-corrected chi connectivity index (χ0v) is 24.5. The summed E-state index contributed by atoms with van der Waals surface area (Å²) in [6.45, 7) is 4.46. The second-order valence-electron chi connectivity index (χ2n) is 7.65. The molecule has 0 unspecified atom stereocenters. The van der Waals surface area contributed by atoms with Crippen molar-refractivity contribution in [3.8, 4) is 28.2 Å². The van der Waals surface area contributed by atoms with Crippen LogP contribution in [0.3, 0.4) is 0 Å². The molecule has 5 nitrogen and oxygen atoms in total. The maximum Gasteiger partial charge on any atom is 0.210 e. The zero-order chi connectivity index (χ0) is 24.6. The molecule has 2 aromatic carbocycles. The number of hydrogen-bond acceptors (Lipinski definition) is 5. The summed E-state index contributed by atoms with van der Waals surface area (Å²) in [5.74, 6) is 0.652. The summed E-state index contributed by atoms with van der Waals surface area (Å²) in [5.41, 5.74) is 3.92. The van der Waals surface area contributed by atoms with Crippen LogP contribution in [0, 0.1) is 6.92 Å². The van der Waals surface area contributed by atoms with Crippen LogP contribution in [0.1, 0.15) is 25.3 Å². The Morgan fingerprint density at radius 3 is 2.50 bits per heavy atom. The number of ether oxygens (including phenoxy) is 1. The number of aryl methyl sites for hydroxylation is 1. The summed E-state index contributed by atoms with van der Waals surface area (Å²) in [6.07, 6.45) is 1.05. The van der Waals surface area contributed by atoms with Crippen LogP contribution in [-0.4, -0.2) is 12.6 Å². The van der Waals surface area contributed by atoms with Crippen LogP contribution in [0.15, 0.2) is 68.5 Å². The van der Waals surface area contributed by atoms with Gasteiger partial charge in [0.25, 0.3) is 0 Å². The first-order valence-corrected chi connectivity index (χ1v) is 13.6. The quantitative estimate of drug-likeness (QED) is 0.0915. The van der Waals surface area contributed by atoms with Gasteiger partial charge in [-0.05, 0) is 100 Å². The van der Waals surface area contributed by atoms with E-state index in [2.05, 4.69) is 68.7 Å². The van der Waals surface area contributed by atoms with Crippen molar-refractivity contribution in [3.63, 3.8) is 0 Å². The third-order valence-corrected chi connectivity index (χ3v) is 7.98. The Morgan fingerprint density at radius 2 is 1.79 bits per heavy atom. The molecular formula is C25H18Br4NO4-. The molecule has 0 spiro atoms. The summed E-state index contributed by atoms with van der Waals surface area (Å²) in [7, 11) is 0. The standard InChI is InChI=1S/C25H19Br4NO4/c1-3-4-9-30-25(32)34-24-17(27)11-15-18(13-8-6-5-7-12(13)2)14-10-16(26)21(31)19(28)22(14)33-23(15)20(24)29/h5-8,10-11H,3-4,9H2,1-2H3,(H,30,32)/p-1. The highest BCUT2D eigenvalue weighted by Crippen LogP contribution is 2.49. The summed E-state index contributed by atoms with van der Waals surface area (Å²) < 4.78 is 13.5. The highest BCUT2D eigenvalue weighted by atomic mass is 79.9. The number of rotatable bonds is 5. The Balaban J connectivity index is 2.07. The van der Waals surface area contributed by atoms with E-state index in [1.165, 1.54) is 0 Å². The Hall–Kier alpha value is -1.68. The fourth-order valence-electron chi connectivity index (χ4n) is 3.67. The van der Waals surface area contributed by atoms with E-state index in [1.54, 1.807) is 6.07 Å². The van der Waals surface area contributed by atoms with Gasteiger partial charge in [0.05, 0.1) is 8.95 Å². The number of unbranched alkanes of at least 4 members (excludes halogenated alkanes) is 1. The van der Waals surface area contributed by atoms with Crippen LogP contribution < -0.4 is 15.3 Å². The van der Waals surface area contributed by atoms with Gasteiger partial charge in [0.15, 0.2) is 11.3 Å². The summed E-state index contributed by atoms with van der Waals surface area (Å²) >= 11 is 13.9. The molecule has 0 bridgehead atoms. The first kappa shape index (κ1) is 25.4. The number of halogens is 4. The lowest BCUT2D eigenvalue weighted by molar-refractivity contribution is -0.240. The molecule has 0 N–H and O–H groups in total. The van der Waals surface area contributed by atoms with E-state index >= 15 is 0 Å². The Bertz CT molecular complexity index is 1460. The molecular weight excluding hydrogens is 698 g/mol.